The highest BCUT2D eigenvalue weighted by Gasteiger charge is 2.08. The largest absolute Gasteiger partial charge is 0.497 e. The monoisotopic (exact) mass is 256 g/mol. The molecule has 0 atom stereocenters. The summed E-state index contributed by atoms with van der Waals surface area (Å²) in [5.41, 5.74) is 1.60. The quantitative estimate of drug-likeness (QED) is 0.788. The Balaban J connectivity index is 2.35. The average Bonchev–Trinajstić information content (AvgIpc) is 2.46. The van der Waals surface area contributed by atoms with Crippen molar-refractivity contribution in [1.29, 1.82) is 0 Å². The summed E-state index contributed by atoms with van der Waals surface area (Å²) < 4.78 is 5.20. The third kappa shape index (κ3) is 2.91. The van der Waals surface area contributed by atoms with Gasteiger partial charge in [0.05, 0.1) is 7.11 Å². The fourth-order valence-corrected chi connectivity index (χ4v) is 1.77. The number of rotatable bonds is 4. The van der Waals surface area contributed by atoms with E-state index in [9.17, 15) is 4.79 Å². The molecule has 0 saturated heterocycles. The number of benzene rings is 1. The standard InChI is InChI=1S/C15H16N2O2/c1-11(18)12-7-8-16-15(9-12)17(2)13-5-4-6-14(10-13)19-3/h4-10H,1-3H3. The average molecular weight is 256 g/mol. The van der Waals surface area contributed by atoms with Gasteiger partial charge in [-0.25, -0.2) is 4.98 Å². The van der Waals surface area contributed by atoms with Crippen LogP contribution in [0.25, 0.3) is 0 Å². The van der Waals surface area contributed by atoms with Crippen molar-refractivity contribution in [2.24, 2.45) is 0 Å². The molecule has 0 N–H and O–H groups in total. The molecule has 0 radical (unpaired) electrons. The third-order valence-corrected chi connectivity index (χ3v) is 2.94. The second-order valence-corrected chi connectivity index (χ2v) is 4.22. The van der Waals surface area contributed by atoms with Crippen LogP contribution in [0.5, 0.6) is 5.75 Å². The van der Waals surface area contributed by atoms with E-state index in [0.717, 1.165) is 17.3 Å². The molecule has 1 heterocycles. The number of pyridine rings is 1. The van der Waals surface area contributed by atoms with Crippen LogP contribution in [-0.2, 0) is 0 Å². The minimum absolute atomic E-state index is 0.0303. The van der Waals surface area contributed by atoms with E-state index in [0.29, 0.717) is 5.56 Å². The normalized spacial score (nSPS) is 10.1. The number of methoxy groups -OCH3 is 1. The van der Waals surface area contributed by atoms with Gasteiger partial charge in [0.25, 0.3) is 0 Å². The van der Waals surface area contributed by atoms with Crippen LogP contribution in [-0.4, -0.2) is 24.9 Å². The first-order chi connectivity index (χ1) is 9.11. The van der Waals surface area contributed by atoms with Gasteiger partial charge in [0, 0.05) is 30.6 Å². The number of carbonyl (C=O) groups excluding carboxylic acids is 1. The van der Waals surface area contributed by atoms with Crippen molar-refractivity contribution in [3.05, 3.63) is 48.2 Å². The van der Waals surface area contributed by atoms with E-state index in [1.165, 1.54) is 0 Å². The second-order valence-electron chi connectivity index (χ2n) is 4.22. The lowest BCUT2D eigenvalue weighted by molar-refractivity contribution is 0.101. The zero-order chi connectivity index (χ0) is 13.8. The zero-order valence-corrected chi connectivity index (χ0v) is 11.3. The van der Waals surface area contributed by atoms with Crippen molar-refractivity contribution < 1.29 is 9.53 Å². The molecule has 0 saturated carbocycles. The number of carbonyl (C=O) groups is 1. The predicted molar refractivity (Wildman–Crippen MR) is 75.3 cm³/mol. The first-order valence-electron chi connectivity index (χ1n) is 5.96. The molecule has 0 fully saturated rings. The Hall–Kier alpha value is -2.36. The Kier molecular flexibility index (Phi) is 3.80. The number of nitrogens with zero attached hydrogens (tertiary/aromatic N) is 2. The lowest BCUT2D eigenvalue weighted by Gasteiger charge is -2.19. The van der Waals surface area contributed by atoms with Gasteiger partial charge < -0.3 is 9.64 Å². The number of ketones is 1. The molecular formula is C15H16N2O2. The van der Waals surface area contributed by atoms with Gasteiger partial charge in [-0.05, 0) is 31.2 Å². The first-order valence-corrected chi connectivity index (χ1v) is 5.96. The Morgan fingerprint density at radius 2 is 2.05 bits per heavy atom. The van der Waals surface area contributed by atoms with Crippen LogP contribution >= 0.6 is 0 Å². The van der Waals surface area contributed by atoms with Gasteiger partial charge in [0.2, 0.25) is 0 Å². The lowest BCUT2D eigenvalue weighted by Crippen LogP contribution is -2.12. The molecule has 4 heteroatoms. The van der Waals surface area contributed by atoms with E-state index < -0.39 is 0 Å². The summed E-state index contributed by atoms with van der Waals surface area (Å²) in [4.78, 5) is 17.6. The van der Waals surface area contributed by atoms with Gasteiger partial charge in [-0.2, -0.15) is 0 Å². The lowest BCUT2D eigenvalue weighted by atomic mass is 10.2. The zero-order valence-electron chi connectivity index (χ0n) is 11.3. The number of anilines is 2. The molecule has 0 unspecified atom stereocenters. The highest BCUT2D eigenvalue weighted by molar-refractivity contribution is 5.94. The molecule has 98 valence electrons. The van der Waals surface area contributed by atoms with Gasteiger partial charge in [-0.3, -0.25) is 4.79 Å². The van der Waals surface area contributed by atoms with Crippen LogP contribution in [0.4, 0.5) is 11.5 Å². The first kappa shape index (κ1) is 13.1. The summed E-state index contributed by atoms with van der Waals surface area (Å²) in [6.07, 6.45) is 1.64. The van der Waals surface area contributed by atoms with Gasteiger partial charge >= 0.3 is 0 Å². The van der Waals surface area contributed by atoms with Gasteiger partial charge in [0.15, 0.2) is 5.78 Å². The van der Waals surface area contributed by atoms with Crippen LogP contribution in [0.15, 0.2) is 42.6 Å². The van der Waals surface area contributed by atoms with E-state index in [4.69, 9.17) is 4.74 Å². The fourth-order valence-electron chi connectivity index (χ4n) is 1.77. The van der Waals surface area contributed by atoms with Crippen molar-refractivity contribution in [3.63, 3.8) is 0 Å². The van der Waals surface area contributed by atoms with Crippen molar-refractivity contribution in [2.75, 3.05) is 19.1 Å². The van der Waals surface area contributed by atoms with Crippen LogP contribution in [0.2, 0.25) is 0 Å². The smallest absolute Gasteiger partial charge is 0.159 e. The Labute approximate surface area is 112 Å². The number of Topliss-reactive ketones (excluding diaryl/α,β-unsaturated/α-hetero) is 1. The van der Waals surface area contributed by atoms with E-state index >= 15 is 0 Å². The Bertz CT molecular complexity index is 596. The van der Waals surface area contributed by atoms with E-state index in [1.807, 2.05) is 36.2 Å². The maximum absolute atomic E-state index is 11.4. The topological polar surface area (TPSA) is 42.4 Å². The van der Waals surface area contributed by atoms with E-state index in [-0.39, 0.29) is 5.78 Å². The molecule has 1 aromatic carbocycles. The molecule has 0 bridgehead atoms. The third-order valence-electron chi connectivity index (χ3n) is 2.94. The van der Waals surface area contributed by atoms with Gasteiger partial charge in [-0.15, -0.1) is 0 Å². The second kappa shape index (κ2) is 5.52. The predicted octanol–water partition coefficient (Wildman–Crippen LogP) is 3.06. The van der Waals surface area contributed by atoms with Crippen LogP contribution in [0.3, 0.4) is 0 Å². The van der Waals surface area contributed by atoms with Crippen LogP contribution < -0.4 is 9.64 Å². The molecule has 4 nitrogen and oxygen atoms in total. The summed E-state index contributed by atoms with van der Waals surface area (Å²) in [5.74, 6) is 1.54. The van der Waals surface area contributed by atoms with Crippen molar-refractivity contribution in [2.45, 2.75) is 6.92 Å². The van der Waals surface area contributed by atoms with Crippen molar-refractivity contribution in [3.8, 4) is 5.75 Å². The fraction of sp³-hybridized carbons (Fsp3) is 0.200. The molecule has 1 aromatic heterocycles. The summed E-state index contributed by atoms with van der Waals surface area (Å²) in [6, 6.07) is 11.2. The summed E-state index contributed by atoms with van der Waals surface area (Å²) in [5, 5.41) is 0. The molecule has 0 aliphatic rings. The van der Waals surface area contributed by atoms with E-state index in [1.54, 1.807) is 32.4 Å². The number of hydrogen-bond acceptors (Lipinski definition) is 4. The molecule has 2 aromatic rings. The molecule has 0 amide bonds. The minimum Gasteiger partial charge on any atom is -0.497 e. The summed E-state index contributed by atoms with van der Waals surface area (Å²) >= 11 is 0. The maximum Gasteiger partial charge on any atom is 0.159 e. The van der Waals surface area contributed by atoms with Crippen LogP contribution in [0, 0.1) is 0 Å². The summed E-state index contributed by atoms with van der Waals surface area (Å²) in [6.45, 7) is 1.55. The SMILES string of the molecule is COc1cccc(N(C)c2cc(C(C)=O)ccn2)c1. The molecule has 0 spiro atoms. The van der Waals surface area contributed by atoms with Gasteiger partial charge in [-0.1, -0.05) is 6.07 Å². The highest BCUT2D eigenvalue weighted by atomic mass is 16.5. The molecule has 0 aliphatic carbocycles. The maximum atomic E-state index is 11.4. The Morgan fingerprint density at radius 3 is 2.74 bits per heavy atom. The van der Waals surface area contributed by atoms with E-state index in [2.05, 4.69) is 4.98 Å². The number of hydrogen-bond donors (Lipinski definition) is 0. The van der Waals surface area contributed by atoms with Crippen molar-refractivity contribution >= 4 is 17.3 Å². The number of ether oxygens (including phenoxy) is 1. The molecule has 2 rings (SSSR count). The van der Waals surface area contributed by atoms with Gasteiger partial charge in [0.1, 0.15) is 11.6 Å². The van der Waals surface area contributed by atoms with Crippen molar-refractivity contribution in [1.82, 2.24) is 4.98 Å². The molecule has 0 aliphatic heterocycles. The summed E-state index contributed by atoms with van der Waals surface area (Å²) in [7, 11) is 3.54. The Morgan fingerprint density at radius 1 is 1.26 bits per heavy atom. The van der Waals surface area contributed by atoms with Crippen LogP contribution in [0.1, 0.15) is 17.3 Å². The molecular weight excluding hydrogens is 240 g/mol. The molecule has 19 heavy (non-hydrogen) atoms. The highest BCUT2D eigenvalue weighted by Crippen LogP contribution is 2.25. The minimum atomic E-state index is 0.0303. The number of aromatic nitrogens is 1.